The second-order valence-electron chi connectivity index (χ2n) is 6.35. The summed E-state index contributed by atoms with van der Waals surface area (Å²) in [6.07, 6.45) is 1.50. The van der Waals surface area contributed by atoms with Crippen molar-refractivity contribution in [3.05, 3.63) is 87.5 Å². The highest BCUT2D eigenvalue weighted by atomic mass is 16.5. The molecular formula is C22H15NO7. The maximum atomic E-state index is 13.4. The zero-order valence-electron chi connectivity index (χ0n) is 16.0. The van der Waals surface area contributed by atoms with E-state index in [1.165, 1.54) is 16.7 Å². The molecule has 8 nitrogen and oxygen atoms in total. The largest absolute Gasteiger partial charge is 0.465 e. The fourth-order valence-corrected chi connectivity index (χ4v) is 3.39. The highest BCUT2D eigenvalue weighted by Crippen LogP contribution is 2.28. The van der Waals surface area contributed by atoms with E-state index in [0.717, 1.165) is 14.2 Å². The zero-order valence-corrected chi connectivity index (χ0v) is 16.0. The molecule has 1 aromatic carbocycles. The van der Waals surface area contributed by atoms with Gasteiger partial charge in [-0.25, -0.2) is 14.4 Å². The van der Waals surface area contributed by atoms with Crippen LogP contribution in [0.1, 0.15) is 36.8 Å². The van der Waals surface area contributed by atoms with Gasteiger partial charge in [0.15, 0.2) is 0 Å². The molecule has 0 N–H and O–H groups in total. The Morgan fingerprint density at radius 2 is 1.57 bits per heavy atom. The predicted octanol–water partition coefficient (Wildman–Crippen LogP) is 2.85. The Hall–Kier alpha value is -4.20. The summed E-state index contributed by atoms with van der Waals surface area (Å²) < 4.78 is 16.2. The molecule has 0 saturated heterocycles. The van der Waals surface area contributed by atoms with Crippen LogP contribution in [0.15, 0.2) is 63.9 Å². The summed E-state index contributed by atoms with van der Waals surface area (Å²) in [7, 11) is 2.29. The number of carbonyl (C=O) groups excluding carboxylic acids is 3. The molecule has 0 aliphatic rings. The number of rotatable bonds is 4. The van der Waals surface area contributed by atoms with Gasteiger partial charge in [0.05, 0.1) is 19.7 Å². The lowest BCUT2D eigenvalue weighted by molar-refractivity contribution is 0.0556. The van der Waals surface area contributed by atoms with Crippen LogP contribution >= 0.6 is 0 Å². The van der Waals surface area contributed by atoms with E-state index in [4.69, 9.17) is 13.9 Å². The van der Waals surface area contributed by atoms with E-state index in [2.05, 4.69) is 0 Å². The molecule has 4 aromatic rings. The number of hydrogen-bond donors (Lipinski definition) is 0. The molecule has 8 heteroatoms. The van der Waals surface area contributed by atoms with Crippen LogP contribution in [0, 0.1) is 0 Å². The van der Waals surface area contributed by atoms with Crippen molar-refractivity contribution in [2.75, 3.05) is 14.2 Å². The molecule has 150 valence electrons. The molecule has 0 atom stereocenters. The van der Waals surface area contributed by atoms with Gasteiger partial charge >= 0.3 is 17.6 Å². The van der Waals surface area contributed by atoms with Gasteiger partial charge in [-0.3, -0.25) is 4.79 Å². The lowest BCUT2D eigenvalue weighted by atomic mass is 10.0. The number of fused-ring (bicyclic) bond motifs is 2. The number of carbonyl (C=O) groups is 3. The number of para-hydroxylation sites is 1. The van der Waals surface area contributed by atoms with Crippen molar-refractivity contribution < 1.29 is 28.3 Å². The molecule has 0 saturated carbocycles. The number of methoxy groups -OCH3 is 2. The van der Waals surface area contributed by atoms with E-state index < -0.39 is 23.3 Å². The van der Waals surface area contributed by atoms with Gasteiger partial charge in [0.1, 0.15) is 28.0 Å². The highest BCUT2D eigenvalue weighted by Gasteiger charge is 2.34. The first kappa shape index (κ1) is 19.1. The van der Waals surface area contributed by atoms with Crippen LogP contribution in [0.25, 0.3) is 16.5 Å². The quantitative estimate of drug-likeness (QED) is 0.292. The number of benzene rings is 1. The number of esters is 2. The van der Waals surface area contributed by atoms with Crippen LogP contribution in [0.2, 0.25) is 0 Å². The minimum atomic E-state index is -0.910. The number of aromatic nitrogens is 1. The summed E-state index contributed by atoms with van der Waals surface area (Å²) in [4.78, 5) is 51.0. The molecule has 0 aliphatic carbocycles. The second kappa shape index (κ2) is 7.32. The Balaban J connectivity index is 2.07. The van der Waals surface area contributed by atoms with E-state index >= 15 is 0 Å². The van der Waals surface area contributed by atoms with Crippen molar-refractivity contribution in [2.45, 2.75) is 0 Å². The number of pyridine rings is 1. The van der Waals surface area contributed by atoms with Crippen LogP contribution in [-0.4, -0.2) is 36.3 Å². The Kier molecular flexibility index (Phi) is 4.67. The van der Waals surface area contributed by atoms with Crippen LogP contribution in [0.3, 0.4) is 0 Å². The average molecular weight is 405 g/mol. The van der Waals surface area contributed by atoms with E-state index in [1.54, 1.807) is 42.5 Å². The molecule has 30 heavy (non-hydrogen) atoms. The Labute approximate surface area is 169 Å². The fourth-order valence-electron chi connectivity index (χ4n) is 3.39. The van der Waals surface area contributed by atoms with Crippen molar-refractivity contribution in [1.29, 1.82) is 0 Å². The van der Waals surface area contributed by atoms with Crippen molar-refractivity contribution in [2.24, 2.45) is 0 Å². The molecular weight excluding hydrogens is 390 g/mol. The second-order valence-corrected chi connectivity index (χ2v) is 6.35. The molecule has 0 spiro atoms. The summed E-state index contributed by atoms with van der Waals surface area (Å²) >= 11 is 0. The normalized spacial score (nSPS) is 10.9. The van der Waals surface area contributed by atoms with Gasteiger partial charge in [0, 0.05) is 11.6 Å². The lowest BCUT2D eigenvalue weighted by Crippen LogP contribution is -2.20. The molecule has 0 radical (unpaired) electrons. The van der Waals surface area contributed by atoms with Gasteiger partial charge in [-0.05, 0) is 24.3 Å². The third-order valence-corrected chi connectivity index (χ3v) is 4.72. The standard InChI is InChI=1S/C22H15NO7/c1-28-21(26)16-14-8-5-6-10-23(14)18(17(16)22(27)29-2)19(24)13-11-12-7-3-4-9-15(12)30-20(13)25/h3-11H,1-2H3. The summed E-state index contributed by atoms with van der Waals surface area (Å²) in [6.45, 7) is 0. The zero-order chi connectivity index (χ0) is 21.4. The average Bonchev–Trinajstić information content (AvgIpc) is 3.12. The summed E-state index contributed by atoms with van der Waals surface area (Å²) in [5, 5.41) is 0.536. The molecule has 0 unspecified atom stereocenters. The van der Waals surface area contributed by atoms with E-state index in [-0.39, 0.29) is 27.9 Å². The van der Waals surface area contributed by atoms with Crippen LogP contribution in [0.5, 0.6) is 0 Å². The molecule has 0 bridgehead atoms. The molecule has 0 aliphatic heterocycles. The first-order valence-electron chi connectivity index (χ1n) is 8.85. The Morgan fingerprint density at radius 1 is 0.900 bits per heavy atom. The smallest absolute Gasteiger partial charge is 0.347 e. The van der Waals surface area contributed by atoms with Gasteiger partial charge in [-0.1, -0.05) is 24.3 Å². The lowest BCUT2D eigenvalue weighted by Gasteiger charge is -2.06. The van der Waals surface area contributed by atoms with Crippen LogP contribution < -0.4 is 5.63 Å². The van der Waals surface area contributed by atoms with E-state index in [0.29, 0.717) is 11.0 Å². The van der Waals surface area contributed by atoms with Crippen LogP contribution in [-0.2, 0) is 9.47 Å². The number of nitrogens with zero attached hydrogens (tertiary/aromatic N) is 1. The Morgan fingerprint density at radius 3 is 2.30 bits per heavy atom. The first-order valence-corrected chi connectivity index (χ1v) is 8.85. The van der Waals surface area contributed by atoms with Crippen molar-refractivity contribution >= 4 is 34.2 Å². The van der Waals surface area contributed by atoms with Crippen molar-refractivity contribution in [3.63, 3.8) is 0 Å². The summed E-state index contributed by atoms with van der Waals surface area (Å²) in [5.41, 5.74) is -1.16. The van der Waals surface area contributed by atoms with Gasteiger partial charge in [-0.15, -0.1) is 0 Å². The SMILES string of the molecule is COC(=O)c1c(C(=O)OC)c2ccccn2c1C(=O)c1cc2ccccc2oc1=O. The van der Waals surface area contributed by atoms with Crippen molar-refractivity contribution in [1.82, 2.24) is 4.40 Å². The summed E-state index contributed by atoms with van der Waals surface area (Å²) in [6, 6.07) is 12.9. The van der Waals surface area contributed by atoms with Crippen LogP contribution in [0.4, 0.5) is 0 Å². The molecule has 3 heterocycles. The highest BCUT2D eigenvalue weighted by molar-refractivity contribution is 6.20. The monoisotopic (exact) mass is 405 g/mol. The third kappa shape index (κ3) is 2.86. The number of hydrogen-bond acceptors (Lipinski definition) is 7. The fraction of sp³-hybridized carbons (Fsp3) is 0.0909. The van der Waals surface area contributed by atoms with Crippen molar-refractivity contribution in [3.8, 4) is 0 Å². The number of ketones is 1. The maximum absolute atomic E-state index is 13.4. The summed E-state index contributed by atoms with van der Waals surface area (Å²) in [5.74, 6) is -2.51. The predicted molar refractivity (Wildman–Crippen MR) is 106 cm³/mol. The minimum Gasteiger partial charge on any atom is -0.465 e. The van der Waals surface area contributed by atoms with Gasteiger partial charge in [0.2, 0.25) is 5.78 Å². The minimum absolute atomic E-state index is 0.126. The molecule has 4 rings (SSSR count). The molecule has 3 aromatic heterocycles. The molecule has 0 fully saturated rings. The molecule has 0 amide bonds. The van der Waals surface area contributed by atoms with Gasteiger partial charge < -0.3 is 18.3 Å². The topological polar surface area (TPSA) is 104 Å². The third-order valence-electron chi connectivity index (χ3n) is 4.72. The van der Waals surface area contributed by atoms with Gasteiger partial charge in [0.25, 0.3) is 0 Å². The first-order chi connectivity index (χ1) is 14.5. The van der Waals surface area contributed by atoms with Gasteiger partial charge in [-0.2, -0.15) is 0 Å². The Bertz CT molecular complexity index is 1390. The number of ether oxygens (including phenoxy) is 2. The van der Waals surface area contributed by atoms with E-state index in [1.807, 2.05) is 0 Å². The van der Waals surface area contributed by atoms with E-state index in [9.17, 15) is 19.2 Å². The maximum Gasteiger partial charge on any atom is 0.347 e.